The third-order valence-corrected chi connectivity index (χ3v) is 5.52. The molecule has 0 saturated heterocycles. The number of hydrogen-bond acceptors (Lipinski definition) is 5. The number of H-pyrrole nitrogens is 1. The average molecular weight is 415 g/mol. The van der Waals surface area contributed by atoms with Gasteiger partial charge in [-0.15, -0.1) is 11.3 Å². The van der Waals surface area contributed by atoms with Gasteiger partial charge in [-0.3, -0.25) is 14.3 Å². The Balaban J connectivity index is 1.43. The first-order valence-electron chi connectivity index (χ1n) is 9.24. The Morgan fingerprint density at radius 1 is 1.10 bits per heavy atom. The first kappa shape index (κ1) is 18.1. The van der Waals surface area contributed by atoms with E-state index in [2.05, 4.69) is 20.5 Å². The summed E-state index contributed by atoms with van der Waals surface area (Å²) in [6.07, 6.45) is 3.91. The van der Waals surface area contributed by atoms with Crippen LogP contribution < -0.4 is 10.1 Å². The van der Waals surface area contributed by atoms with Crippen molar-refractivity contribution in [3.8, 4) is 28.3 Å². The molecule has 0 saturated carbocycles. The number of hydrogen-bond donors (Lipinski definition) is 2. The molecule has 0 atom stereocenters. The number of rotatable bonds is 5. The standard InChI is InChI=1S/C22H17N5O2S/c1-29-20-9-5-3-7-15(20)17-12-18(26-25-17)21(28)23-16-8-4-2-6-14(16)19-13-27-10-11-30-22(27)24-19/h2-13H,1H3,(H,23,28)(H,25,26). The number of amides is 1. The van der Waals surface area contributed by atoms with Crippen LogP contribution in [0.4, 0.5) is 5.69 Å². The molecule has 3 heterocycles. The fourth-order valence-electron chi connectivity index (χ4n) is 3.29. The lowest BCUT2D eigenvalue weighted by molar-refractivity contribution is 0.102. The molecule has 0 aliphatic heterocycles. The number of ether oxygens (including phenoxy) is 1. The van der Waals surface area contributed by atoms with E-state index in [0.29, 0.717) is 22.8 Å². The van der Waals surface area contributed by atoms with E-state index in [-0.39, 0.29) is 5.91 Å². The van der Waals surface area contributed by atoms with Crippen LogP contribution >= 0.6 is 11.3 Å². The first-order valence-corrected chi connectivity index (χ1v) is 10.1. The molecule has 0 spiro atoms. The van der Waals surface area contributed by atoms with E-state index in [4.69, 9.17) is 4.74 Å². The molecule has 148 valence electrons. The van der Waals surface area contributed by atoms with Gasteiger partial charge in [-0.05, 0) is 24.3 Å². The Hall–Kier alpha value is -3.91. The second-order valence-electron chi connectivity index (χ2n) is 6.59. The molecule has 0 fully saturated rings. The van der Waals surface area contributed by atoms with Gasteiger partial charge in [0.05, 0.1) is 24.2 Å². The normalized spacial score (nSPS) is 11.0. The fraction of sp³-hybridized carbons (Fsp3) is 0.0455. The molecule has 0 aliphatic rings. The van der Waals surface area contributed by atoms with Crippen LogP contribution in [-0.4, -0.2) is 32.6 Å². The number of aromatic nitrogens is 4. The molecule has 2 aromatic carbocycles. The Kier molecular flexibility index (Phi) is 4.53. The molecule has 0 unspecified atom stereocenters. The summed E-state index contributed by atoms with van der Waals surface area (Å²) >= 11 is 1.56. The van der Waals surface area contributed by atoms with Crippen molar-refractivity contribution in [2.24, 2.45) is 0 Å². The molecule has 1 amide bonds. The lowest BCUT2D eigenvalue weighted by Gasteiger charge is -2.08. The zero-order chi connectivity index (χ0) is 20.5. The summed E-state index contributed by atoms with van der Waals surface area (Å²) in [5, 5.41) is 12.0. The third-order valence-electron chi connectivity index (χ3n) is 4.75. The van der Waals surface area contributed by atoms with E-state index in [0.717, 1.165) is 21.8 Å². The molecule has 5 aromatic rings. The summed E-state index contributed by atoms with van der Waals surface area (Å²) in [6.45, 7) is 0. The summed E-state index contributed by atoms with van der Waals surface area (Å²) in [6, 6.07) is 16.9. The molecule has 0 radical (unpaired) electrons. The van der Waals surface area contributed by atoms with Gasteiger partial charge in [0.25, 0.3) is 5.91 Å². The van der Waals surface area contributed by atoms with Gasteiger partial charge in [0.15, 0.2) is 4.96 Å². The molecule has 7 nitrogen and oxygen atoms in total. The van der Waals surface area contributed by atoms with Gasteiger partial charge in [-0.2, -0.15) is 5.10 Å². The Morgan fingerprint density at radius 2 is 1.90 bits per heavy atom. The smallest absolute Gasteiger partial charge is 0.273 e. The topological polar surface area (TPSA) is 84.3 Å². The fourth-order valence-corrected chi connectivity index (χ4v) is 3.99. The van der Waals surface area contributed by atoms with Crippen LogP contribution in [0.25, 0.3) is 27.5 Å². The van der Waals surface area contributed by atoms with Crippen molar-refractivity contribution in [3.63, 3.8) is 0 Å². The molecule has 0 aliphatic carbocycles. The molecular formula is C22H17N5O2S. The number of para-hydroxylation sites is 2. The second kappa shape index (κ2) is 7.49. The number of nitrogens with zero attached hydrogens (tertiary/aromatic N) is 3. The van der Waals surface area contributed by atoms with E-state index < -0.39 is 0 Å². The van der Waals surface area contributed by atoms with E-state index in [1.807, 2.05) is 70.7 Å². The molecule has 0 bridgehead atoms. The maximum atomic E-state index is 12.9. The van der Waals surface area contributed by atoms with Crippen LogP contribution in [0.3, 0.4) is 0 Å². The molecule has 8 heteroatoms. The molecule has 30 heavy (non-hydrogen) atoms. The minimum atomic E-state index is -0.280. The number of nitrogens with one attached hydrogen (secondary N) is 2. The van der Waals surface area contributed by atoms with Crippen molar-refractivity contribution in [3.05, 3.63) is 78.1 Å². The number of thiazole rings is 1. The zero-order valence-electron chi connectivity index (χ0n) is 16.0. The average Bonchev–Trinajstić information content (AvgIpc) is 3.50. The predicted molar refractivity (Wildman–Crippen MR) is 117 cm³/mol. The highest BCUT2D eigenvalue weighted by molar-refractivity contribution is 7.15. The van der Waals surface area contributed by atoms with Crippen LogP contribution in [0.5, 0.6) is 5.75 Å². The minimum absolute atomic E-state index is 0.280. The Labute approximate surface area is 176 Å². The molecule has 3 aromatic heterocycles. The number of methoxy groups -OCH3 is 1. The van der Waals surface area contributed by atoms with Gasteiger partial charge >= 0.3 is 0 Å². The van der Waals surface area contributed by atoms with Crippen LogP contribution in [-0.2, 0) is 0 Å². The van der Waals surface area contributed by atoms with Crippen molar-refractivity contribution >= 4 is 27.9 Å². The molecule has 5 rings (SSSR count). The number of imidazole rings is 1. The number of benzene rings is 2. The lowest BCUT2D eigenvalue weighted by Crippen LogP contribution is -2.13. The van der Waals surface area contributed by atoms with Gasteiger partial charge in [-0.1, -0.05) is 30.3 Å². The van der Waals surface area contributed by atoms with Crippen molar-refractivity contribution in [1.29, 1.82) is 0 Å². The van der Waals surface area contributed by atoms with Gasteiger partial charge in [0, 0.05) is 28.9 Å². The maximum Gasteiger partial charge on any atom is 0.273 e. The number of aromatic amines is 1. The quantitative estimate of drug-likeness (QED) is 0.435. The maximum absolute atomic E-state index is 12.9. The summed E-state index contributed by atoms with van der Waals surface area (Å²) in [4.78, 5) is 18.4. The minimum Gasteiger partial charge on any atom is -0.496 e. The first-order chi connectivity index (χ1) is 14.7. The number of fused-ring (bicyclic) bond motifs is 1. The second-order valence-corrected chi connectivity index (χ2v) is 7.46. The Morgan fingerprint density at radius 3 is 2.73 bits per heavy atom. The van der Waals surface area contributed by atoms with Gasteiger partial charge in [-0.25, -0.2) is 4.98 Å². The zero-order valence-corrected chi connectivity index (χ0v) is 16.8. The largest absolute Gasteiger partial charge is 0.496 e. The van der Waals surface area contributed by atoms with Gasteiger partial charge in [0.2, 0.25) is 0 Å². The molecular weight excluding hydrogens is 398 g/mol. The van der Waals surface area contributed by atoms with Crippen LogP contribution in [0, 0.1) is 0 Å². The highest BCUT2D eigenvalue weighted by Gasteiger charge is 2.16. The van der Waals surface area contributed by atoms with Crippen LogP contribution in [0.15, 0.2) is 72.4 Å². The third kappa shape index (κ3) is 3.23. The summed E-state index contributed by atoms with van der Waals surface area (Å²) in [5.74, 6) is 0.415. The number of anilines is 1. The summed E-state index contributed by atoms with van der Waals surface area (Å²) < 4.78 is 7.35. The predicted octanol–water partition coefficient (Wildman–Crippen LogP) is 4.71. The highest BCUT2D eigenvalue weighted by Crippen LogP contribution is 2.30. The van der Waals surface area contributed by atoms with Crippen molar-refractivity contribution in [2.75, 3.05) is 12.4 Å². The van der Waals surface area contributed by atoms with E-state index >= 15 is 0 Å². The highest BCUT2D eigenvalue weighted by atomic mass is 32.1. The van der Waals surface area contributed by atoms with Crippen molar-refractivity contribution in [2.45, 2.75) is 0 Å². The van der Waals surface area contributed by atoms with E-state index in [1.54, 1.807) is 24.5 Å². The SMILES string of the molecule is COc1ccccc1-c1cc(C(=O)Nc2ccccc2-c2cn3ccsc3n2)[nH]n1. The van der Waals surface area contributed by atoms with Gasteiger partial charge in [0.1, 0.15) is 11.4 Å². The van der Waals surface area contributed by atoms with Crippen molar-refractivity contribution in [1.82, 2.24) is 19.6 Å². The van der Waals surface area contributed by atoms with Crippen molar-refractivity contribution < 1.29 is 9.53 Å². The molecule has 2 N–H and O–H groups in total. The van der Waals surface area contributed by atoms with E-state index in [1.165, 1.54) is 0 Å². The lowest BCUT2D eigenvalue weighted by atomic mass is 10.1. The Bertz CT molecular complexity index is 1320. The van der Waals surface area contributed by atoms with Gasteiger partial charge < -0.3 is 10.1 Å². The summed E-state index contributed by atoms with van der Waals surface area (Å²) in [7, 11) is 1.61. The number of carbonyl (C=O) groups excluding carboxylic acids is 1. The number of carbonyl (C=O) groups is 1. The summed E-state index contributed by atoms with van der Waals surface area (Å²) in [5.41, 5.74) is 4.15. The van der Waals surface area contributed by atoms with E-state index in [9.17, 15) is 4.79 Å². The van der Waals surface area contributed by atoms with Crippen LogP contribution in [0.1, 0.15) is 10.5 Å². The van der Waals surface area contributed by atoms with Crippen LogP contribution in [0.2, 0.25) is 0 Å². The monoisotopic (exact) mass is 415 g/mol.